The Labute approximate surface area is 73.1 Å². The molecule has 3 heteroatoms. The first kappa shape index (κ1) is 10.5. The normalized spacial score (nSPS) is 13.5. The van der Waals surface area contributed by atoms with Crippen molar-refractivity contribution in [1.82, 2.24) is 5.43 Å². The molecule has 5 N–H and O–H groups in total. The molecule has 0 aliphatic heterocycles. The first-order valence-corrected chi connectivity index (χ1v) is 3.63. The monoisotopic (exact) mass is 165 g/mol. The van der Waals surface area contributed by atoms with E-state index in [1.807, 2.05) is 25.2 Å². The van der Waals surface area contributed by atoms with Crippen molar-refractivity contribution in [3.8, 4) is 0 Å². The van der Waals surface area contributed by atoms with Gasteiger partial charge in [0.25, 0.3) is 0 Å². The number of rotatable bonds is 4. The lowest BCUT2D eigenvalue weighted by atomic mass is 10.2. The van der Waals surface area contributed by atoms with Crippen LogP contribution in [-0.2, 0) is 0 Å². The van der Waals surface area contributed by atoms with Crippen LogP contribution in [0.25, 0.3) is 0 Å². The zero-order valence-electron chi connectivity index (χ0n) is 7.25. The van der Waals surface area contributed by atoms with Crippen LogP contribution in [0, 0.1) is 0 Å². The zero-order valence-corrected chi connectivity index (χ0v) is 7.25. The smallest absolute Gasteiger partial charge is 0.0561 e. The number of nitrogens with two attached hydrogens (primary N) is 2. The largest absolute Gasteiger partial charge is 0.397 e. The molecular weight excluding hydrogens is 150 g/mol. The summed E-state index contributed by atoms with van der Waals surface area (Å²) in [5, 5.41) is 0. The first-order chi connectivity index (χ1) is 5.76. The summed E-state index contributed by atoms with van der Waals surface area (Å²) in [7, 11) is 0. The highest BCUT2D eigenvalue weighted by atomic mass is 15.2. The Morgan fingerprint density at radius 1 is 1.50 bits per heavy atom. The van der Waals surface area contributed by atoms with E-state index in [0.717, 1.165) is 5.57 Å². The SMILES string of the molecule is C=CC(=C\C=C/C)/C(N)=C/NN. The van der Waals surface area contributed by atoms with Gasteiger partial charge in [0.15, 0.2) is 0 Å². The van der Waals surface area contributed by atoms with Gasteiger partial charge >= 0.3 is 0 Å². The molecule has 0 saturated carbocycles. The molecule has 0 rings (SSSR count). The minimum Gasteiger partial charge on any atom is -0.397 e. The van der Waals surface area contributed by atoms with E-state index in [0.29, 0.717) is 5.70 Å². The topological polar surface area (TPSA) is 64.1 Å². The van der Waals surface area contributed by atoms with Gasteiger partial charge in [0.1, 0.15) is 0 Å². The number of hydrazine groups is 1. The molecule has 0 saturated heterocycles. The predicted molar refractivity (Wildman–Crippen MR) is 52.7 cm³/mol. The summed E-state index contributed by atoms with van der Waals surface area (Å²) < 4.78 is 0. The Morgan fingerprint density at radius 3 is 2.58 bits per heavy atom. The van der Waals surface area contributed by atoms with Gasteiger partial charge in [-0.3, -0.25) is 5.84 Å². The summed E-state index contributed by atoms with van der Waals surface area (Å²) in [5.41, 5.74) is 9.38. The van der Waals surface area contributed by atoms with Gasteiger partial charge in [0, 0.05) is 6.20 Å². The van der Waals surface area contributed by atoms with Crippen LogP contribution in [0.5, 0.6) is 0 Å². The van der Waals surface area contributed by atoms with Gasteiger partial charge < -0.3 is 11.2 Å². The minimum atomic E-state index is 0.561. The summed E-state index contributed by atoms with van der Waals surface area (Å²) in [6, 6.07) is 0. The predicted octanol–water partition coefficient (Wildman–Crippen LogP) is 0.938. The minimum absolute atomic E-state index is 0.561. The van der Waals surface area contributed by atoms with Crippen molar-refractivity contribution in [2.24, 2.45) is 11.6 Å². The summed E-state index contributed by atoms with van der Waals surface area (Å²) in [6.07, 6.45) is 8.83. The Hall–Kier alpha value is -1.48. The number of hydrogen-bond donors (Lipinski definition) is 3. The number of nitrogens with one attached hydrogen (secondary N) is 1. The Balaban J connectivity index is 4.54. The maximum atomic E-state index is 5.62. The fraction of sp³-hybridized carbons (Fsp3) is 0.111. The van der Waals surface area contributed by atoms with Gasteiger partial charge in [0.05, 0.1) is 5.70 Å². The Morgan fingerprint density at radius 2 is 2.17 bits per heavy atom. The van der Waals surface area contributed by atoms with Gasteiger partial charge in [-0.15, -0.1) is 0 Å². The van der Waals surface area contributed by atoms with E-state index in [4.69, 9.17) is 11.6 Å². The molecule has 66 valence electrons. The van der Waals surface area contributed by atoms with E-state index in [-0.39, 0.29) is 0 Å². The molecule has 0 aliphatic carbocycles. The molecule has 3 nitrogen and oxygen atoms in total. The lowest BCUT2D eigenvalue weighted by Crippen LogP contribution is -2.17. The van der Waals surface area contributed by atoms with Crippen LogP contribution in [0.15, 0.2) is 48.4 Å². The Kier molecular flexibility index (Phi) is 5.47. The third-order valence-corrected chi connectivity index (χ3v) is 1.26. The van der Waals surface area contributed by atoms with Gasteiger partial charge in [-0.25, -0.2) is 0 Å². The summed E-state index contributed by atoms with van der Waals surface area (Å²) in [6.45, 7) is 5.55. The van der Waals surface area contributed by atoms with E-state index in [1.165, 1.54) is 6.20 Å². The molecule has 0 bridgehead atoms. The number of hydrogen-bond acceptors (Lipinski definition) is 3. The van der Waals surface area contributed by atoms with Crippen molar-refractivity contribution in [1.29, 1.82) is 0 Å². The molecule has 0 fully saturated rings. The standard InChI is InChI=1S/C9H15N3/c1-3-5-6-8(4-2)9(10)7-12-11/h3-7,12H,2,10-11H2,1H3/b5-3-,8-6+,9-7-. The van der Waals surface area contributed by atoms with Crippen molar-refractivity contribution in [3.05, 3.63) is 48.4 Å². The zero-order chi connectivity index (χ0) is 9.40. The summed E-state index contributed by atoms with van der Waals surface area (Å²) >= 11 is 0. The van der Waals surface area contributed by atoms with Gasteiger partial charge in [-0.1, -0.05) is 30.9 Å². The van der Waals surface area contributed by atoms with Crippen LogP contribution in [0.1, 0.15) is 6.92 Å². The second-order valence-electron chi connectivity index (χ2n) is 2.12. The highest BCUT2D eigenvalue weighted by Crippen LogP contribution is 2.03. The van der Waals surface area contributed by atoms with Crippen molar-refractivity contribution >= 4 is 0 Å². The van der Waals surface area contributed by atoms with Crippen molar-refractivity contribution < 1.29 is 0 Å². The van der Waals surface area contributed by atoms with Gasteiger partial charge in [-0.2, -0.15) is 0 Å². The highest BCUT2D eigenvalue weighted by Gasteiger charge is 1.92. The van der Waals surface area contributed by atoms with Crippen LogP contribution in [-0.4, -0.2) is 0 Å². The molecule has 0 heterocycles. The second kappa shape index (κ2) is 6.24. The van der Waals surface area contributed by atoms with E-state index < -0.39 is 0 Å². The van der Waals surface area contributed by atoms with Crippen molar-refractivity contribution in [2.45, 2.75) is 6.92 Å². The molecule has 0 radical (unpaired) electrons. The molecule has 0 aromatic heterocycles. The molecule has 0 atom stereocenters. The van der Waals surface area contributed by atoms with Crippen LogP contribution in [0.3, 0.4) is 0 Å². The Bertz CT molecular complexity index is 224. The molecule has 0 aromatic carbocycles. The summed E-state index contributed by atoms with van der Waals surface area (Å²) in [4.78, 5) is 0. The maximum Gasteiger partial charge on any atom is 0.0561 e. The van der Waals surface area contributed by atoms with Crippen LogP contribution in [0.2, 0.25) is 0 Å². The fourth-order valence-electron chi connectivity index (χ4n) is 0.655. The average Bonchev–Trinajstić information content (AvgIpc) is 2.06. The third-order valence-electron chi connectivity index (χ3n) is 1.26. The molecule has 0 aliphatic rings. The molecule has 0 aromatic rings. The lowest BCUT2D eigenvalue weighted by Gasteiger charge is -2.00. The quantitative estimate of drug-likeness (QED) is 0.330. The molecule has 12 heavy (non-hydrogen) atoms. The molecule has 0 spiro atoms. The lowest BCUT2D eigenvalue weighted by molar-refractivity contribution is 0.951. The van der Waals surface area contributed by atoms with Gasteiger partial charge in [-0.05, 0) is 12.5 Å². The van der Waals surface area contributed by atoms with Crippen LogP contribution >= 0.6 is 0 Å². The second-order valence-corrected chi connectivity index (χ2v) is 2.12. The maximum absolute atomic E-state index is 5.62. The summed E-state index contributed by atoms with van der Waals surface area (Å²) in [5.74, 6) is 5.06. The third kappa shape index (κ3) is 3.63. The molecular formula is C9H15N3. The van der Waals surface area contributed by atoms with E-state index in [9.17, 15) is 0 Å². The number of allylic oxidation sites excluding steroid dienone is 4. The van der Waals surface area contributed by atoms with Crippen molar-refractivity contribution in [3.63, 3.8) is 0 Å². The molecule has 0 unspecified atom stereocenters. The average molecular weight is 165 g/mol. The fourth-order valence-corrected chi connectivity index (χ4v) is 0.655. The van der Waals surface area contributed by atoms with E-state index in [1.54, 1.807) is 6.08 Å². The van der Waals surface area contributed by atoms with Crippen molar-refractivity contribution in [2.75, 3.05) is 0 Å². The first-order valence-electron chi connectivity index (χ1n) is 3.63. The van der Waals surface area contributed by atoms with Gasteiger partial charge in [0.2, 0.25) is 0 Å². The van der Waals surface area contributed by atoms with E-state index >= 15 is 0 Å². The molecule has 0 amide bonds. The van der Waals surface area contributed by atoms with Crippen LogP contribution < -0.4 is 17.0 Å². The van der Waals surface area contributed by atoms with Crippen LogP contribution in [0.4, 0.5) is 0 Å². The highest BCUT2D eigenvalue weighted by molar-refractivity contribution is 5.38. The van der Waals surface area contributed by atoms with E-state index in [2.05, 4.69) is 12.0 Å².